The lowest BCUT2D eigenvalue weighted by molar-refractivity contribution is -0.149. The topological polar surface area (TPSA) is 173 Å². The average Bonchev–Trinajstić information content (AvgIpc) is 2.66. The molecule has 0 saturated heterocycles. The van der Waals surface area contributed by atoms with Crippen molar-refractivity contribution < 1.29 is 45.0 Å². The van der Waals surface area contributed by atoms with Gasteiger partial charge in [-0.3, -0.25) is 14.4 Å². The second-order valence-electron chi connectivity index (χ2n) is 7.61. The molecule has 156 valence electrons. The number of carbonyl (C=O) groups excluding carboxylic acids is 2. The van der Waals surface area contributed by atoms with Crippen molar-refractivity contribution in [2.75, 3.05) is 0 Å². The summed E-state index contributed by atoms with van der Waals surface area (Å²) in [6, 6.07) is 3.11. The van der Waals surface area contributed by atoms with Crippen molar-refractivity contribution in [1.82, 2.24) is 0 Å². The molecule has 3 atom stereocenters. The summed E-state index contributed by atoms with van der Waals surface area (Å²) in [5.41, 5.74) is -4.15. The Morgan fingerprint density at radius 3 is 2.17 bits per heavy atom. The van der Waals surface area contributed by atoms with Gasteiger partial charge in [0, 0.05) is 17.5 Å². The van der Waals surface area contributed by atoms with Crippen LogP contribution in [0.3, 0.4) is 0 Å². The molecule has 2 aromatic rings. The van der Waals surface area contributed by atoms with Crippen molar-refractivity contribution in [1.29, 1.82) is 0 Å². The summed E-state index contributed by atoms with van der Waals surface area (Å²) in [5, 5.41) is 62.1. The van der Waals surface area contributed by atoms with Gasteiger partial charge in [-0.15, -0.1) is 0 Å². The van der Waals surface area contributed by atoms with E-state index in [4.69, 9.17) is 0 Å². The quantitative estimate of drug-likeness (QED) is 0.338. The molecule has 0 aliphatic heterocycles. The molecule has 0 amide bonds. The van der Waals surface area contributed by atoms with Crippen LogP contribution in [-0.4, -0.2) is 53.8 Å². The highest BCUT2D eigenvalue weighted by Crippen LogP contribution is 2.52. The zero-order chi connectivity index (χ0) is 22.1. The summed E-state index contributed by atoms with van der Waals surface area (Å²) in [7, 11) is 0. The Morgan fingerprint density at radius 2 is 1.63 bits per heavy atom. The zero-order valence-corrected chi connectivity index (χ0v) is 15.7. The standard InChI is InChI=1S/C21H18O9/c1-2-21(30)6-11(24)12-7(16(21)20(28)29)5-8-13(18(12)26)19(27)15-10(23)4-3-9(22)14(15)17(8)25/h3-5,11,16,22-24,26,30H,2,6H2,1H3,(H,28,29). The van der Waals surface area contributed by atoms with E-state index < -0.39 is 75.5 Å². The first-order valence-corrected chi connectivity index (χ1v) is 9.20. The molecule has 0 radical (unpaired) electrons. The molecule has 6 N–H and O–H groups in total. The number of carbonyl (C=O) groups is 3. The van der Waals surface area contributed by atoms with Crippen LogP contribution in [0.4, 0.5) is 0 Å². The Labute approximate surface area is 169 Å². The van der Waals surface area contributed by atoms with Gasteiger partial charge in [0.2, 0.25) is 5.78 Å². The van der Waals surface area contributed by atoms with Crippen LogP contribution in [0.5, 0.6) is 17.2 Å². The number of aromatic hydroxyl groups is 3. The monoisotopic (exact) mass is 414 g/mol. The van der Waals surface area contributed by atoms with Crippen molar-refractivity contribution in [2.24, 2.45) is 0 Å². The molecule has 0 bridgehead atoms. The number of hydrogen-bond donors (Lipinski definition) is 6. The number of aliphatic hydroxyl groups is 2. The van der Waals surface area contributed by atoms with E-state index in [0.717, 1.165) is 18.2 Å². The van der Waals surface area contributed by atoms with E-state index in [1.807, 2.05) is 0 Å². The summed E-state index contributed by atoms with van der Waals surface area (Å²) >= 11 is 0. The molecule has 0 heterocycles. The number of phenols is 3. The summed E-state index contributed by atoms with van der Waals surface area (Å²) < 4.78 is 0. The molecular weight excluding hydrogens is 396 g/mol. The zero-order valence-electron chi connectivity index (χ0n) is 15.7. The molecule has 3 unspecified atom stereocenters. The first-order chi connectivity index (χ1) is 14.0. The molecule has 0 saturated carbocycles. The SMILES string of the molecule is CCC1(O)CC(O)c2c(cc3c(c2O)C(=O)c2c(O)ccc(O)c2C3=O)C1C(=O)O. The molecule has 0 spiro atoms. The van der Waals surface area contributed by atoms with Gasteiger partial charge in [0.05, 0.1) is 28.4 Å². The molecule has 2 aliphatic rings. The van der Waals surface area contributed by atoms with Gasteiger partial charge in [0.25, 0.3) is 0 Å². The second kappa shape index (κ2) is 6.28. The van der Waals surface area contributed by atoms with E-state index >= 15 is 0 Å². The minimum Gasteiger partial charge on any atom is -0.507 e. The Bertz CT molecular complexity index is 1150. The van der Waals surface area contributed by atoms with Crippen LogP contribution in [0.2, 0.25) is 0 Å². The lowest BCUT2D eigenvalue weighted by Crippen LogP contribution is -2.45. The number of carboxylic acid groups (broad SMARTS) is 1. The predicted octanol–water partition coefficient (Wildman–Crippen LogP) is 1.33. The van der Waals surface area contributed by atoms with Gasteiger partial charge in [0.1, 0.15) is 23.2 Å². The third-order valence-corrected chi connectivity index (χ3v) is 6.05. The van der Waals surface area contributed by atoms with Gasteiger partial charge in [-0.25, -0.2) is 0 Å². The van der Waals surface area contributed by atoms with Crippen LogP contribution < -0.4 is 0 Å². The van der Waals surface area contributed by atoms with Crippen LogP contribution >= 0.6 is 0 Å². The smallest absolute Gasteiger partial charge is 0.313 e. The number of aliphatic carboxylic acids is 1. The first-order valence-electron chi connectivity index (χ1n) is 9.20. The summed E-state index contributed by atoms with van der Waals surface area (Å²) in [4.78, 5) is 38.0. The van der Waals surface area contributed by atoms with Crippen molar-refractivity contribution in [2.45, 2.75) is 37.4 Å². The molecule has 30 heavy (non-hydrogen) atoms. The second-order valence-corrected chi connectivity index (χ2v) is 7.61. The molecule has 2 aromatic carbocycles. The first kappa shape index (κ1) is 19.9. The average molecular weight is 414 g/mol. The van der Waals surface area contributed by atoms with Crippen LogP contribution in [0, 0.1) is 0 Å². The maximum atomic E-state index is 13.0. The van der Waals surface area contributed by atoms with Crippen molar-refractivity contribution in [3.05, 3.63) is 51.6 Å². The van der Waals surface area contributed by atoms with Crippen molar-refractivity contribution >= 4 is 17.5 Å². The fourth-order valence-corrected chi connectivity index (χ4v) is 4.56. The molecule has 9 nitrogen and oxygen atoms in total. The highest BCUT2D eigenvalue weighted by Gasteiger charge is 2.51. The van der Waals surface area contributed by atoms with E-state index in [9.17, 15) is 45.0 Å². The van der Waals surface area contributed by atoms with E-state index in [0.29, 0.717) is 0 Å². The van der Waals surface area contributed by atoms with Crippen molar-refractivity contribution in [3.8, 4) is 17.2 Å². The maximum Gasteiger partial charge on any atom is 0.313 e. The molecular formula is C21H18O9. The third-order valence-electron chi connectivity index (χ3n) is 6.05. The minimum atomic E-state index is -1.85. The Balaban J connectivity index is 2.07. The number of benzene rings is 2. The highest BCUT2D eigenvalue weighted by atomic mass is 16.4. The number of fused-ring (bicyclic) bond motifs is 3. The van der Waals surface area contributed by atoms with E-state index in [-0.39, 0.29) is 23.1 Å². The maximum absolute atomic E-state index is 13.0. The van der Waals surface area contributed by atoms with Gasteiger partial charge in [-0.05, 0) is 30.2 Å². The van der Waals surface area contributed by atoms with Gasteiger partial charge in [-0.1, -0.05) is 6.92 Å². The normalized spacial score (nSPS) is 24.8. The number of ketones is 2. The van der Waals surface area contributed by atoms with Crippen LogP contribution in [0.15, 0.2) is 18.2 Å². The Hall–Kier alpha value is -3.43. The van der Waals surface area contributed by atoms with E-state index in [2.05, 4.69) is 0 Å². The molecule has 2 aliphatic carbocycles. The van der Waals surface area contributed by atoms with E-state index in [1.54, 1.807) is 0 Å². The number of hydrogen-bond acceptors (Lipinski definition) is 8. The van der Waals surface area contributed by atoms with Gasteiger partial charge in [0.15, 0.2) is 5.78 Å². The molecule has 0 fully saturated rings. The van der Waals surface area contributed by atoms with Crippen LogP contribution in [0.1, 0.15) is 74.8 Å². The molecule has 9 heteroatoms. The highest BCUT2D eigenvalue weighted by molar-refractivity contribution is 6.31. The minimum absolute atomic E-state index is 0.0251. The van der Waals surface area contributed by atoms with Gasteiger partial charge < -0.3 is 30.6 Å². The Morgan fingerprint density at radius 1 is 1.07 bits per heavy atom. The lowest BCUT2D eigenvalue weighted by Gasteiger charge is -2.41. The van der Waals surface area contributed by atoms with Crippen LogP contribution in [-0.2, 0) is 4.79 Å². The van der Waals surface area contributed by atoms with Gasteiger partial charge >= 0.3 is 5.97 Å². The summed E-state index contributed by atoms with van der Waals surface area (Å²) in [5.74, 6) is -6.79. The number of aliphatic hydroxyl groups excluding tert-OH is 1. The Kier molecular flexibility index (Phi) is 4.16. The van der Waals surface area contributed by atoms with E-state index in [1.165, 1.54) is 6.92 Å². The lowest BCUT2D eigenvalue weighted by atomic mass is 9.67. The fraction of sp³-hybridized carbons (Fsp3) is 0.286. The number of rotatable bonds is 2. The third kappa shape index (κ3) is 2.39. The molecule has 0 aromatic heterocycles. The van der Waals surface area contributed by atoms with Crippen molar-refractivity contribution in [3.63, 3.8) is 0 Å². The summed E-state index contributed by atoms with van der Waals surface area (Å²) in [6.07, 6.45) is -1.92. The summed E-state index contributed by atoms with van der Waals surface area (Å²) in [6.45, 7) is 1.54. The van der Waals surface area contributed by atoms with Gasteiger partial charge in [-0.2, -0.15) is 0 Å². The predicted molar refractivity (Wildman–Crippen MR) is 99.9 cm³/mol. The fourth-order valence-electron chi connectivity index (χ4n) is 4.56. The largest absolute Gasteiger partial charge is 0.507 e. The van der Waals surface area contributed by atoms with Crippen LogP contribution in [0.25, 0.3) is 0 Å². The number of carboxylic acids is 1. The molecule has 4 rings (SSSR count). The number of phenolic OH excluding ortho intramolecular Hbond substituents is 3.